The Labute approximate surface area is 134 Å². The van der Waals surface area contributed by atoms with Crippen LogP contribution in [-0.2, 0) is 6.54 Å². The van der Waals surface area contributed by atoms with Gasteiger partial charge in [0, 0.05) is 25.5 Å². The summed E-state index contributed by atoms with van der Waals surface area (Å²) in [5.41, 5.74) is 0.396. The number of hydrogen-bond donors (Lipinski definition) is 0. The summed E-state index contributed by atoms with van der Waals surface area (Å²) in [6, 6.07) is -0.0143. The molecule has 1 amide bonds. The van der Waals surface area contributed by atoms with Gasteiger partial charge in [-0.25, -0.2) is 4.98 Å². The average Bonchev–Trinajstić information content (AvgIpc) is 3.30. The van der Waals surface area contributed by atoms with Crippen molar-refractivity contribution in [2.24, 2.45) is 5.92 Å². The van der Waals surface area contributed by atoms with E-state index < -0.39 is 0 Å². The zero-order valence-electron chi connectivity index (χ0n) is 13.0. The SMILES string of the molecule is O=C(c1cnccn1)N1CCCC[C@@H]1c1nncn1CC1CC1. The van der Waals surface area contributed by atoms with Crippen molar-refractivity contribution in [3.63, 3.8) is 0 Å². The molecule has 2 aromatic rings. The summed E-state index contributed by atoms with van der Waals surface area (Å²) in [4.78, 5) is 22.9. The molecule has 0 radical (unpaired) electrons. The second kappa shape index (κ2) is 6.06. The fourth-order valence-electron chi connectivity index (χ4n) is 3.24. The average molecular weight is 312 g/mol. The molecular formula is C16H20N6O. The molecule has 0 unspecified atom stereocenters. The highest BCUT2D eigenvalue weighted by Crippen LogP contribution is 2.34. The number of carbonyl (C=O) groups is 1. The van der Waals surface area contributed by atoms with Crippen molar-refractivity contribution < 1.29 is 4.79 Å². The highest BCUT2D eigenvalue weighted by molar-refractivity contribution is 5.92. The molecule has 7 heteroatoms. The van der Waals surface area contributed by atoms with Crippen molar-refractivity contribution in [3.8, 4) is 0 Å². The number of hydrogen-bond acceptors (Lipinski definition) is 5. The number of likely N-dealkylation sites (tertiary alicyclic amines) is 1. The first-order chi connectivity index (χ1) is 11.3. The van der Waals surface area contributed by atoms with Gasteiger partial charge in [-0.05, 0) is 38.0 Å². The Bertz CT molecular complexity index is 681. The molecule has 0 bridgehead atoms. The molecule has 0 N–H and O–H groups in total. The molecule has 2 fully saturated rings. The first kappa shape index (κ1) is 14.3. The molecule has 1 saturated heterocycles. The maximum atomic E-state index is 12.8. The maximum Gasteiger partial charge on any atom is 0.274 e. The topological polar surface area (TPSA) is 76.8 Å². The molecule has 0 spiro atoms. The van der Waals surface area contributed by atoms with E-state index in [2.05, 4.69) is 24.7 Å². The van der Waals surface area contributed by atoms with Crippen LogP contribution in [0.15, 0.2) is 24.9 Å². The first-order valence-electron chi connectivity index (χ1n) is 8.27. The predicted octanol–water partition coefficient (Wildman–Crippen LogP) is 1.85. The summed E-state index contributed by atoms with van der Waals surface area (Å²) in [7, 11) is 0. The Morgan fingerprint density at radius 3 is 2.91 bits per heavy atom. The van der Waals surface area contributed by atoms with Gasteiger partial charge in [-0.15, -0.1) is 10.2 Å². The zero-order valence-corrected chi connectivity index (χ0v) is 13.0. The van der Waals surface area contributed by atoms with Gasteiger partial charge in [-0.2, -0.15) is 0 Å². The van der Waals surface area contributed by atoms with E-state index in [-0.39, 0.29) is 11.9 Å². The van der Waals surface area contributed by atoms with Gasteiger partial charge < -0.3 is 9.47 Å². The fourth-order valence-corrected chi connectivity index (χ4v) is 3.24. The standard InChI is InChI=1S/C16H20N6O/c23-16(13-9-17-6-7-18-13)22-8-2-1-3-14(22)15-20-19-11-21(15)10-12-4-5-12/h6-7,9,11-12,14H,1-5,8,10H2/t14-/m1/s1. The van der Waals surface area contributed by atoms with Gasteiger partial charge in [-0.3, -0.25) is 9.78 Å². The highest BCUT2D eigenvalue weighted by atomic mass is 16.2. The smallest absolute Gasteiger partial charge is 0.274 e. The summed E-state index contributed by atoms with van der Waals surface area (Å²) in [6.07, 6.45) is 12.1. The maximum absolute atomic E-state index is 12.8. The number of aromatic nitrogens is 5. The van der Waals surface area contributed by atoms with Crippen LogP contribution in [0.2, 0.25) is 0 Å². The Morgan fingerprint density at radius 1 is 1.22 bits per heavy atom. The van der Waals surface area contributed by atoms with Crippen molar-refractivity contribution >= 4 is 5.91 Å². The summed E-state index contributed by atoms with van der Waals surface area (Å²) in [5, 5.41) is 8.42. The Balaban J connectivity index is 1.60. The van der Waals surface area contributed by atoms with Crippen LogP contribution in [0, 0.1) is 5.92 Å². The lowest BCUT2D eigenvalue weighted by Gasteiger charge is -2.34. The lowest BCUT2D eigenvalue weighted by atomic mass is 10.0. The van der Waals surface area contributed by atoms with Crippen LogP contribution >= 0.6 is 0 Å². The summed E-state index contributed by atoms with van der Waals surface area (Å²) in [6.45, 7) is 1.70. The molecule has 1 saturated carbocycles. The van der Waals surface area contributed by atoms with Gasteiger partial charge in [-0.1, -0.05) is 0 Å². The number of amides is 1. The summed E-state index contributed by atoms with van der Waals surface area (Å²) < 4.78 is 2.13. The highest BCUT2D eigenvalue weighted by Gasteiger charge is 2.33. The quantitative estimate of drug-likeness (QED) is 0.861. The van der Waals surface area contributed by atoms with E-state index in [0.29, 0.717) is 5.69 Å². The van der Waals surface area contributed by atoms with E-state index in [1.54, 1.807) is 18.7 Å². The fraction of sp³-hybridized carbons (Fsp3) is 0.562. The number of piperidine rings is 1. The predicted molar refractivity (Wildman–Crippen MR) is 82.4 cm³/mol. The van der Waals surface area contributed by atoms with Crippen LogP contribution < -0.4 is 0 Å². The third kappa shape index (κ3) is 2.95. The van der Waals surface area contributed by atoms with Crippen LogP contribution in [0.5, 0.6) is 0 Å². The summed E-state index contributed by atoms with van der Waals surface area (Å²) >= 11 is 0. The van der Waals surface area contributed by atoms with Crippen LogP contribution in [0.1, 0.15) is 54.5 Å². The lowest BCUT2D eigenvalue weighted by Crippen LogP contribution is -2.40. The van der Waals surface area contributed by atoms with Crippen molar-refractivity contribution in [2.75, 3.05) is 6.54 Å². The summed E-state index contributed by atoms with van der Waals surface area (Å²) in [5.74, 6) is 1.59. The van der Waals surface area contributed by atoms with Gasteiger partial charge in [0.15, 0.2) is 5.82 Å². The minimum absolute atomic E-state index is 0.0143. The first-order valence-corrected chi connectivity index (χ1v) is 8.27. The van der Waals surface area contributed by atoms with E-state index in [0.717, 1.165) is 44.1 Å². The van der Waals surface area contributed by atoms with Gasteiger partial charge in [0.2, 0.25) is 0 Å². The third-order valence-electron chi connectivity index (χ3n) is 4.64. The molecular weight excluding hydrogens is 292 g/mol. The molecule has 1 aliphatic carbocycles. The normalized spacial score (nSPS) is 21.4. The van der Waals surface area contributed by atoms with E-state index in [9.17, 15) is 4.79 Å². The lowest BCUT2D eigenvalue weighted by molar-refractivity contribution is 0.0587. The molecule has 2 aromatic heterocycles. The van der Waals surface area contributed by atoms with Crippen LogP contribution in [0.3, 0.4) is 0 Å². The van der Waals surface area contributed by atoms with Crippen molar-refractivity contribution in [3.05, 3.63) is 36.4 Å². The molecule has 1 aliphatic heterocycles. The van der Waals surface area contributed by atoms with E-state index in [1.807, 2.05) is 4.90 Å². The molecule has 4 rings (SSSR count). The zero-order chi connectivity index (χ0) is 15.6. The van der Waals surface area contributed by atoms with E-state index in [4.69, 9.17) is 0 Å². The van der Waals surface area contributed by atoms with E-state index >= 15 is 0 Å². The second-order valence-electron chi connectivity index (χ2n) is 6.39. The number of nitrogens with zero attached hydrogens (tertiary/aromatic N) is 6. The minimum Gasteiger partial charge on any atom is -0.327 e. The Kier molecular flexibility index (Phi) is 3.77. The van der Waals surface area contributed by atoms with Crippen LogP contribution in [0.4, 0.5) is 0 Å². The van der Waals surface area contributed by atoms with Crippen molar-refractivity contribution in [1.29, 1.82) is 0 Å². The largest absolute Gasteiger partial charge is 0.327 e. The van der Waals surface area contributed by atoms with Crippen molar-refractivity contribution in [1.82, 2.24) is 29.6 Å². The second-order valence-corrected chi connectivity index (χ2v) is 6.39. The molecule has 2 aliphatic rings. The van der Waals surface area contributed by atoms with Crippen LogP contribution in [0.25, 0.3) is 0 Å². The van der Waals surface area contributed by atoms with E-state index in [1.165, 1.54) is 19.0 Å². The molecule has 3 heterocycles. The van der Waals surface area contributed by atoms with Crippen LogP contribution in [-0.4, -0.2) is 42.1 Å². The molecule has 120 valence electrons. The third-order valence-corrected chi connectivity index (χ3v) is 4.64. The van der Waals surface area contributed by atoms with Crippen molar-refractivity contribution in [2.45, 2.75) is 44.7 Å². The Morgan fingerprint density at radius 2 is 2.13 bits per heavy atom. The molecule has 1 atom stereocenters. The van der Waals surface area contributed by atoms with Gasteiger partial charge in [0.05, 0.1) is 12.2 Å². The van der Waals surface area contributed by atoms with Gasteiger partial charge in [0.1, 0.15) is 12.0 Å². The molecule has 23 heavy (non-hydrogen) atoms. The monoisotopic (exact) mass is 312 g/mol. The minimum atomic E-state index is -0.0660. The Hall–Kier alpha value is -2.31. The number of rotatable bonds is 4. The number of carbonyl (C=O) groups excluding carboxylic acids is 1. The molecule has 0 aromatic carbocycles. The van der Waals surface area contributed by atoms with Gasteiger partial charge >= 0.3 is 0 Å². The van der Waals surface area contributed by atoms with Gasteiger partial charge in [0.25, 0.3) is 5.91 Å². The molecule has 7 nitrogen and oxygen atoms in total.